The van der Waals surface area contributed by atoms with Crippen LogP contribution in [-0.2, 0) is 13.0 Å². The maximum absolute atomic E-state index is 9.00. The van der Waals surface area contributed by atoms with Gasteiger partial charge in [-0.25, -0.2) is 0 Å². The van der Waals surface area contributed by atoms with Crippen molar-refractivity contribution >= 4 is 13.3 Å². The van der Waals surface area contributed by atoms with Gasteiger partial charge in [-0.15, -0.1) is 5.10 Å². The average molecular weight is 360 g/mol. The Morgan fingerprint density at radius 2 is 2.00 bits per heavy atom. The van der Waals surface area contributed by atoms with E-state index in [1.54, 1.807) is 7.11 Å². The van der Waals surface area contributed by atoms with E-state index >= 15 is 0 Å². The van der Waals surface area contributed by atoms with Crippen molar-refractivity contribution in [3.05, 3.63) is 48.3 Å². The lowest BCUT2D eigenvalue weighted by Gasteiger charge is -2.31. The third kappa shape index (κ3) is 5.03. The van der Waals surface area contributed by atoms with Crippen LogP contribution in [0.15, 0.2) is 42.6 Å². The highest BCUT2D eigenvalue weighted by molar-refractivity contribution is 6.91. The number of benzene rings is 1. The summed E-state index contributed by atoms with van der Waals surface area (Å²) in [6.07, 6.45) is 8.01. The van der Waals surface area contributed by atoms with Gasteiger partial charge in [-0.1, -0.05) is 47.8 Å². The number of allylic oxidation sites excluding steroid dienone is 2. The Hall–Kier alpha value is -1.92. The maximum Gasteiger partial charge on any atom is 0.118 e. The van der Waals surface area contributed by atoms with Gasteiger partial charge in [0.05, 0.1) is 20.9 Å². The molecule has 1 heterocycles. The van der Waals surface area contributed by atoms with E-state index < -0.39 is 8.07 Å². The normalized spacial score (nSPS) is 13.3. The molecule has 1 aromatic heterocycles. The molecule has 136 valence electrons. The summed E-state index contributed by atoms with van der Waals surface area (Å²) in [7, 11) is 0.0261. The molecule has 2 rings (SSSR count). The number of rotatable bonds is 9. The number of nitrogens with zero attached hydrogens (tertiary/aromatic N) is 3. The van der Waals surface area contributed by atoms with Crippen molar-refractivity contribution < 1.29 is 9.84 Å². The molecule has 0 saturated heterocycles. The number of methoxy groups -OCH3 is 1. The smallest absolute Gasteiger partial charge is 0.118 e. The lowest BCUT2D eigenvalue weighted by Crippen LogP contribution is -2.45. The monoisotopic (exact) mass is 359 g/mol. The van der Waals surface area contributed by atoms with Crippen LogP contribution in [0.2, 0.25) is 18.6 Å². The van der Waals surface area contributed by atoms with Crippen LogP contribution in [0.1, 0.15) is 19.0 Å². The quantitative estimate of drug-likeness (QED) is 0.552. The number of aromatic nitrogens is 3. The minimum absolute atomic E-state index is 0.108. The lowest BCUT2D eigenvalue weighted by molar-refractivity contribution is 0.298. The van der Waals surface area contributed by atoms with Crippen molar-refractivity contribution in [2.75, 3.05) is 13.7 Å². The molecule has 5 nitrogen and oxygen atoms in total. The van der Waals surface area contributed by atoms with Gasteiger partial charge in [0.15, 0.2) is 0 Å². The second-order valence-corrected chi connectivity index (χ2v) is 11.6. The van der Waals surface area contributed by atoms with Crippen molar-refractivity contribution in [1.82, 2.24) is 15.0 Å². The topological polar surface area (TPSA) is 60.2 Å². The molecule has 0 bridgehead atoms. The first-order chi connectivity index (χ1) is 12.0. The van der Waals surface area contributed by atoms with Crippen LogP contribution in [0.25, 0.3) is 0 Å². The number of aryl methyl sites for hydroxylation is 1. The second-order valence-electron chi connectivity index (χ2n) is 6.82. The van der Waals surface area contributed by atoms with Crippen molar-refractivity contribution in [1.29, 1.82) is 0 Å². The van der Waals surface area contributed by atoms with Gasteiger partial charge in [0, 0.05) is 25.8 Å². The highest BCUT2D eigenvalue weighted by Crippen LogP contribution is 2.28. The Morgan fingerprint density at radius 1 is 1.28 bits per heavy atom. The highest BCUT2D eigenvalue weighted by Gasteiger charge is 2.31. The van der Waals surface area contributed by atoms with E-state index in [0.29, 0.717) is 12.0 Å². The molecule has 0 fully saturated rings. The predicted octanol–water partition coefficient (Wildman–Crippen LogP) is 2.77. The molecule has 1 N–H and O–H groups in total. The van der Waals surface area contributed by atoms with E-state index in [1.165, 1.54) is 5.19 Å². The summed E-state index contributed by atoms with van der Waals surface area (Å²) in [6.45, 7) is 7.85. The summed E-state index contributed by atoms with van der Waals surface area (Å²) >= 11 is 0. The van der Waals surface area contributed by atoms with E-state index in [-0.39, 0.29) is 6.61 Å². The van der Waals surface area contributed by atoms with E-state index in [0.717, 1.165) is 24.4 Å². The van der Waals surface area contributed by atoms with Gasteiger partial charge in [-0.2, -0.15) is 0 Å². The Morgan fingerprint density at radius 3 is 2.60 bits per heavy atom. The van der Waals surface area contributed by atoms with Crippen molar-refractivity contribution in [3.63, 3.8) is 0 Å². The summed E-state index contributed by atoms with van der Waals surface area (Å²) in [4.78, 5) is 0. The number of aliphatic hydroxyl groups is 1. The third-order valence-corrected chi connectivity index (χ3v) is 8.97. The second kappa shape index (κ2) is 8.96. The molecule has 0 radical (unpaired) electrons. The third-order valence-electron chi connectivity index (χ3n) is 4.81. The summed E-state index contributed by atoms with van der Waals surface area (Å²) in [5.74, 6) is 0.898. The standard InChI is InChI=1S/C19H29N3O2Si/c1-5-6-18(11-13-22-15-16(12-14-23)20-21-22)25(3,4)19-9-7-17(24-2)8-10-19/h5-10,15,18,23H,11-14H2,1-4H3/b6-5+/t18-/m1/s1. The summed E-state index contributed by atoms with van der Waals surface area (Å²) in [5.41, 5.74) is 1.35. The molecule has 1 aromatic carbocycles. The van der Waals surface area contributed by atoms with Crippen LogP contribution >= 0.6 is 0 Å². The van der Waals surface area contributed by atoms with Gasteiger partial charge in [-0.3, -0.25) is 4.68 Å². The fraction of sp³-hybridized carbons (Fsp3) is 0.474. The molecule has 0 aliphatic carbocycles. The molecule has 0 saturated carbocycles. The Bertz CT molecular complexity index is 680. The Kier molecular flexibility index (Phi) is 6.96. The maximum atomic E-state index is 9.00. The molecular formula is C19H29N3O2Si. The van der Waals surface area contributed by atoms with Gasteiger partial charge in [0.1, 0.15) is 5.75 Å². The average Bonchev–Trinajstić information content (AvgIpc) is 3.06. The first-order valence-corrected chi connectivity index (χ1v) is 11.9. The molecule has 0 spiro atoms. The minimum atomic E-state index is -1.67. The number of ether oxygens (including phenoxy) is 1. The SMILES string of the molecule is C/C=C/[C@H](CCn1cc(CCO)nn1)[Si](C)(C)c1ccc(OC)cc1. The molecule has 0 aliphatic heterocycles. The minimum Gasteiger partial charge on any atom is -0.497 e. The molecule has 0 aliphatic rings. The van der Waals surface area contributed by atoms with E-state index in [4.69, 9.17) is 9.84 Å². The van der Waals surface area contributed by atoms with Crippen LogP contribution in [0.3, 0.4) is 0 Å². The summed E-state index contributed by atoms with van der Waals surface area (Å²) in [5, 5.41) is 18.7. The zero-order valence-corrected chi connectivity index (χ0v) is 16.6. The molecule has 1 atom stereocenters. The Labute approximate surface area is 151 Å². The van der Waals surface area contributed by atoms with Crippen LogP contribution in [0.5, 0.6) is 5.75 Å². The van der Waals surface area contributed by atoms with Gasteiger partial charge >= 0.3 is 0 Å². The predicted molar refractivity (Wildman–Crippen MR) is 104 cm³/mol. The summed E-state index contributed by atoms with van der Waals surface area (Å²) in [6, 6.07) is 8.51. The molecule has 0 unspecified atom stereocenters. The van der Waals surface area contributed by atoms with E-state index in [9.17, 15) is 0 Å². The van der Waals surface area contributed by atoms with Crippen LogP contribution in [-0.4, -0.2) is 41.9 Å². The number of hydrogen-bond acceptors (Lipinski definition) is 4. The lowest BCUT2D eigenvalue weighted by atomic mass is 10.2. The van der Waals surface area contributed by atoms with Gasteiger partial charge in [-0.05, 0) is 31.0 Å². The largest absolute Gasteiger partial charge is 0.497 e. The zero-order valence-electron chi connectivity index (χ0n) is 15.6. The Balaban J connectivity index is 2.11. The van der Waals surface area contributed by atoms with Crippen LogP contribution < -0.4 is 9.92 Å². The highest BCUT2D eigenvalue weighted by atomic mass is 28.3. The van der Waals surface area contributed by atoms with Crippen molar-refractivity contribution in [3.8, 4) is 5.75 Å². The zero-order chi connectivity index (χ0) is 18.3. The van der Waals surface area contributed by atoms with Crippen molar-refractivity contribution in [2.24, 2.45) is 0 Å². The number of hydrogen-bond donors (Lipinski definition) is 1. The fourth-order valence-electron chi connectivity index (χ4n) is 3.11. The first-order valence-electron chi connectivity index (χ1n) is 8.78. The van der Waals surface area contributed by atoms with Crippen LogP contribution in [0, 0.1) is 0 Å². The summed E-state index contributed by atoms with van der Waals surface area (Å²) < 4.78 is 7.17. The fourth-order valence-corrected chi connectivity index (χ4v) is 6.09. The first kappa shape index (κ1) is 19.4. The molecule has 0 amide bonds. The molecule has 6 heteroatoms. The van der Waals surface area contributed by atoms with Gasteiger partial charge in [0.2, 0.25) is 0 Å². The van der Waals surface area contributed by atoms with Gasteiger partial charge in [0.25, 0.3) is 0 Å². The molecule has 2 aromatic rings. The van der Waals surface area contributed by atoms with Gasteiger partial charge < -0.3 is 9.84 Å². The molecular weight excluding hydrogens is 330 g/mol. The van der Waals surface area contributed by atoms with Crippen LogP contribution in [0.4, 0.5) is 0 Å². The number of aliphatic hydroxyl groups excluding tert-OH is 1. The van der Waals surface area contributed by atoms with Crippen molar-refractivity contribution in [2.45, 2.75) is 44.9 Å². The van der Waals surface area contributed by atoms with E-state index in [1.807, 2.05) is 10.9 Å². The van der Waals surface area contributed by atoms with E-state index in [2.05, 4.69) is 66.7 Å². The molecule has 25 heavy (non-hydrogen) atoms.